The summed E-state index contributed by atoms with van der Waals surface area (Å²) < 4.78 is 5.38. The van der Waals surface area contributed by atoms with Gasteiger partial charge in [0.15, 0.2) is 0 Å². The summed E-state index contributed by atoms with van der Waals surface area (Å²) in [5, 5.41) is 12.6. The summed E-state index contributed by atoms with van der Waals surface area (Å²) in [6, 6.07) is 7.95. The zero-order chi connectivity index (χ0) is 11.9. The second kappa shape index (κ2) is 6.55. The van der Waals surface area contributed by atoms with Gasteiger partial charge in [0, 0.05) is 13.1 Å². The lowest BCUT2D eigenvalue weighted by Crippen LogP contribution is -2.21. The maximum absolute atomic E-state index is 9.21. The van der Waals surface area contributed by atoms with Gasteiger partial charge in [0.25, 0.3) is 0 Å². The van der Waals surface area contributed by atoms with Crippen LogP contribution in [0.5, 0.6) is 0 Å². The van der Waals surface area contributed by atoms with E-state index in [1.165, 1.54) is 5.57 Å². The second-order valence-corrected chi connectivity index (χ2v) is 4.23. The Morgan fingerprint density at radius 3 is 2.71 bits per heavy atom. The Morgan fingerprint density at radius 1 is 1.18 bits per heavy atom. The highest BCUT2D eigenvalue weighted by molar-refractivity contribution is 5.26. The highest BCUT2D eigenvalue weighted by Gasteiger charge is 2.04. The van der Waals surface area contributed by atoms with Crippen molar-refractivity contribution in [3.05, 3.63) is 47.0 Å². The monoisotopic (exact) mass is 233 g/mol. The van der Waals surface area contributed by atoms with E-state index in [2.05, 4.69) is 11.4 Å². The van der Waals surface area contributed by atoms with Crippen LogP contribution in [-0.2, 0) is 17.9 Å². The molecule has 17 heavy (non-hydrogen) atoms. The van der Waals surface area contributed by atoms with Crippen molar-refractivity contribution in [3.8, 4) is 0 Å². The van der Waals surface area contributed by atoms with Gasteiger partial charge in [-0.3, -0.25) is 0 Å². The van der Waals surface area contributed by atoms with Crippen molar-refractivity contribution >= 4 is 0 Å². The van der Waals surface area contributed by atoms with E-state index in [-0.39, 0.29) is 6.61 Å². The molecule has 0 aromatic heterocycles. The molecule has 1 aromatic rings. The second-order valence-electron chi connectivity index (χ2n) is 4.23. The maximum Gasteiger partial charge on any atom is 0.0689 e. The Morgan fingerprint density at radius 2 is 2.00 bits per heavy atom. The molecule has 0 aliphatic carbocycles. The molecule has 1 heterocycles. The quantitative estimate of drug-likeness (QED) is 0.759. The zero-order valence-electron chi connectivity index (χ0n) is 9.98. The molecule has 1 aliphatic rings. The van der Waals surface area contributed by atoms with Crippen LogP contribution in [-0.4, -0.2) is 24.9 Å². The first-order valence-corrected chi connectivity index (χ1v) is 6.04. The molecule has 0 radical (unpaired) electrons. The molecule has 0 amide bonds. The smallest absolute Gasteiger partial charge is 0.0689 e. The van der Waals surface area contributed by atoms with Gasteiger partial charge in [0.1, 0.15) is 0 Å². The molecule has 1 aliphatic heterocycles. The van der Waals surface area contributed by atoms with Crippen LogP contribution < -0.4 is 5.32 Å². The molecule has 3 nitrogen and oxygen atoms in total. The van der Waals surface area contributed by atoms with E-state index < -0.39 is 0 Å². The fourth-order valence-corrected chi connectivity index (χ4v) is 1.97. The van der Waals surface area contributed by atoms with Crippen LogP contribution in [0.4, 0.5) is 0 Å². The maximum atomic E-state index is 9.21. The number of nitrogens with one attached hydrogen (secondary N) is 1. The molecule has 2 rings (SSSR count). The average molecular weight is 233 g/mol. The zero-order valence-corrected chi connectivity index (χ0v) is 9.98. The Kier molecular flexibility index (Phi) is 4.74. The predicted octanol–water partition coefficient (Wildman–Crippen LogP) is 1.62. The highest BCUT2D eigenvalue weighted by atomic mass is 16.5. The molecule has 1 aromatic carbocycles. The van der Waals surface area contributed by atoms with E-state index >= 15 is 0 Å². The van der Waals surface area contributed by atoms with Crippen LogP contribution in [0.25, 0.3) is 0 Å². The van der Waals surface area contributed by atoms with Crippen LogP contribution in [0, 0.1) is 0 Å². The van der Waals surface area contributed by atoms with E-state index in [1.807, 2.05) is 24.3 Å². The van der Waals surface area contributed by atoms with Gasteiger partial charge < -0.3 is 15.2 Å². The SMILES string of the molecule is OCc1ccccc1CNCC1=CCCOC1. The van der Waals surface area contributed by atoms with Gasteiger partial charge in [-0.1, -0.05) is 30.3 Å². The molecule has 0 fully saturated rings. The van der Waals surface area contributed by atoms with Crippen LogP contribution in [0.15, 0.2) is 35.9 Å². The van der Waals surface area contributed by atoms with Crippen molar-refractivity contribution < 1.29 is 9.84 Å². The molecule has 0 saturated carbocycles. The summed E-state index contributed by atoms with van der Waals surface area (Å²) in [5.74, 6) is 0. The molecule has 3 heteroatoms. The summed E-state index contributed by atoms with van der Waals surface area (Å²) in [7, 11) is 0. The molecule has 0 saturated heterocycles. The summed E-state index contributed by atoms with van der Waals surface area (Å²) in [6.07, 6.45) is 3.26. The minimum Gasteiger partial charge on any atom is -0.392 e. The number of rotatable bonds is 5. The number of hydrogen-bond acceptors (Lipinski definition) is 3. The lowest BCUT2D eigenvalue weighted by Gasteiger charge is -2.15. The molecule has 92 valence electrons. The molecule has 0 unspecified atom stereocenters. The first-order valence-electron chi connectivity index (χ1n) is 6.04. The van der Waals surface area contributed by atoms with Gasteiger partial charge in [-0.05, 0) is 23.1 Å². The van der Waals surface area contributed by atoms with Crippen molar-refractivity contribution in [2.45, 2.75) is 19.6 Å². The Bertz CT molecular complexity index is 388. The molecular formula is C14H19NO2. The van der Waals surface area contributed by atoms with Crippen molar-refractivity contribution in [3.63, 3.8) is 0 Å². The normalized spacial score (nSPS) is 15.7. The summed E-state index contributed by atoms with van der Waals surface area (Å²) in [6.45, 7) is 3.34. The van der Waals surface area contributed by atoms with E-state index in [0.29, 0.717) is 0 Å². The van der Waals surface area contributed by atoms with Gasteiger partial charge in [0.2, 0.25) is 0 Å². The molecular weight excluding hydrogens is 214 g/mol. The van der Waals surface area contributed by atoms with E-state index in [0.717, 1.165) is 43.9 Å². The van der Waals surface area contributed by atoms with Crippen molar-refractivity contribution in [1.29, 1.82) is 0 Å². The Hall–Kier alpha value is -1.16. The Labute approximate surface area is 102 Å². The molecule has 0 atom stereocenters. The first kappa shape index (κ1) is 12.3. The van der Waals surface area contributed by atoms with Gasteiger partial charge in [0.05, 0.1) is 19.8 Å². The third-order valence-electron chi connectivity index (χ3n) is 2.94. The van der Waals surface area contributed by atoms with Gasteiger partial charge in [-0.2, -0.15) is 0 Å². The van der Waals surface area contributed by atoms with Gasteiger partial charge in [-0.25, -0.2) is 0 Å². The van der Waals surface area contributed by atoms with Crippen molar-refractivity contribution in [1.82, 2.24) is 5.32 Å². The highest BCUT2D eigenvalue weighted by Crippen LogP contribution is 2.09. The largest absolute Gasteiger partial charge is 0.392 e. The number of ether oxygens (including phenoxy) is 1. The van der Waals surface area contributed by atoms with Gasteiger partial charge in [-0.15, -0.1) is 0 Å². The van der Waals surface area contributed by atoms with Crippen LogP contribution in [0.1, 0.15) is 17.5 Å². The summed E-state index contributed by atoms with van der Waals surface area (Å²) in [4.78, 5) is 0. The average Bonchev–Trinajstić information content (AvgIpc) is 2.40. The predicted molar refractivity (Wildman–Crippen MR) is 67.6 cm³/mol. The lowest BCUT2D eigenvalue weighted by molar-refractivity contribution is 0.148. The van der Waals surface area contributed by atoms with E-state index in [1.54, 1.807) is 0 Å². The van der Waals surface area contributed by atoms with Crippen molar-refractivity contribution in [2.75, 3.05) is 19.8 Å². The molecule has 0 spiro atoms. The number of aliphatic hydroxyl groups is 1. The van der Waals surface area contributed by atoms with Crippen LogP contribution in [0.3, 0.4) is 0 Å². The number of benzene rings is 1. The van der Waals surface area contributed by atoms with Gasteiger partial charge >= 0.3 is 0 Å². The topological polar surface area (TPSA) is 41.5 Å². The van der Waals surface area contributed by atoms with Crippen molar-refractivity contribution in [2.24, 2.45) is 0 Å². The minimum absolute atomic E-state index is 0.101. The van der Waals surface area contributed by atoms with E-state index in [4.69, 9.17) is 4.74 Å². The molecule has 2 N–H and O–H groups in total. The standard InChI is InChI=1S/C14H19NO2/c16-10-14-6-2-1-5-13(14)9-15-8-12-4-3-7-17-11-12/h1-2,4-6,15-16H,3,7-11H2. The van der Waals surface area contributed by atoms with E-state index in [9.17, 15) is 5.11 Å². The number of aliphatic hydroxyl groups excluding tert-OH is 1. The first-order chi connectivity index (χ1) is 8.40. The third kappa shape index (κ3) is 3.66. The minimum atomic E-state index is 0.101. The fraction of sp³-hybridized carbons (Fsp3) is 0.429. The Balaban J connectivity index is 1.83. The van der Waals surface area contributed by atoms with Crippen LogP contribution >= 0.6 is 0 Å². The lowest BCUT2D eigenvalue weighted by atomic mass is 10.1. The summed E-state index contributed by atoms with van der Waals surface area (Å²) >= 11 is 0. The fourth-order valence-electron chi connectivity index (χ4n) is 1.97. The number of hydrogen-bond donors (Lipinski definition) is 2. The molecule has 0 bridgehead atoms. The third-order valence-corrected chi connectivity index (χ3v) is 2.94. The van der Waals surface area contributed by atoms with Crippen LogP contribution in [0.2, 0.25) is 0 Å². The summed E-state index contributed by atoms with van der Waals surface area (Å²) in [5.41, 5.74) is 3.47.